The van der Waals surface area contributed by atoms with Crippen molar-refractivity contribution in [2.45, 2.75) is 33.1 Å². The smallest absolute Gasteiger partial charge is 0.333 e. The zero-order valence-corrected chi connectivity index (χ0v) is 11.6. The standard InChI is InChI=1S/C11H21NO5S/c1-9(5-3-4-8-18(14,15)16)10(2)11(13)17-7-6-12/h3-8,12H2,1-2H3,(H,14,15,16). The van der Waals surface area contributed by atoms with Crippen LogP contribution in [0, 0.1) is 0 Å². The summed E-state index contributed by atoms with van der Waals surface area (Å²) in [5.74, 6) is -0.649. The Balaban J connectivity index is 4.12. The topological polar surface area (TPSA) is 107 Å². The Morgan fingerprint density at radius 3 is 2.39 bits per heavy atom. The van der Waals surface area contributed by atoms with Crippen molar-refractivity contribution in [2.75, 3.05) is 18.9 Å². The van der Waals surface area contributed by atoms with Crippen LogP contribution in [0.4, 0.5) is 0 Å². The highest BCUT2D eigenvalue weighted by Gasteiger charge is 2.09. The number of carbonyl (C=O) groups excluding carboxylic acids is 1. The molecule has 0 aromatic heterocycles. The van der Waals surface area contributed by atoms with Crippen LogP contribution in [0.5, 0.6) is 0 Å². The summed E-state index contributed by atoms with van der Waals surface area (Å²) in [5.41, 5.74) is 6.60. The maximum absolute atomic E-state index is 11.5. The Labute approximate surface area is 108 Å². The third-order valence-corrected chi connectivity index (χ3v) is 3.31. The number of rotatable bonds is 8. The minimum Gasteiger partial charge on any atom is -0.461 e. The van der Waals surface area contributed by atoms with Crippen LogP contribution in [0.1, 0.15) is 33.1 Å². The van der Waals surface area contributed by atoms with Crippen molar-refractivity contribution >= 4 is 16.1 Å². The lowest BCUT2D eigenvalue weighted by molar-refractivity contribution is -0.138. The van der Waals surface area contributed by atoms with Crippen molar-refractivity contribution in [3.8, 4) is 0 Å². The Bertz CT molecular complexity index is 400. The van der Waals surface area contributed by atoms with Crippen LogP contribution < -0.4 is 5.73 Å². The molecule has 0 aliphatic rings. The lowest BCUT2D eigenvalue weighted by Gasteiger charge is -2.07. The SMILES string of the molecule is CC(CCCCS(=O)(=O)O)=C(C)C(=O)OCCN. The van der Waals surface area contributed by atoms with E-state index in [4.69, 9.17) is 15.0 Å². The number of esters is 1. The molecule has 0 amide bonds. The lowest BCUT2D eigenvalue weighted by Crippen LogP contribution is -2.14. The van der Waals surface area contributed by atoms with E-state index in [1.165, 1.54) is 0 Å². The molecule has 0 saturated carbocycles. The fraction of sp³-hybridized carbons (Fsp3) is 0.727. The summed E-state index contributed by atoms with van der Waals surface area (Å²) in [7, 11) is -3.89. The van der Waals surface area contributed by atoms with Gasteiger partial charge < -0.3 is 10.5 Å². The zero-order chi connectivity index (χ0) is 14.2. The summed E-state index contributed by atoms with van der Waals surface area (Å²) in [6.45, 7) is 3.93. The van der Waals surface area contributed by atoms with Gasteiger partial charge in [-0.3, -0.25) is 4.55 Å². The molecular formula is C11H21NO5S. The number of nitrogens with two attached hydrogens (primary N) is 1. The second kappa shape index (κ2) is 8.23. The van der Waals surface area contributed by atoms with Crippen LogP contribution >= 0.6 is 0 Å². The predicted octanol–water partition coefficient (Wildman–Crippen LogP) is 0.883. The molecule has 0 aliphatic carbocycles. The van der Waals surface area contributed by atoms with Crippen molar-refractivity contribution in [1.29, 1.82) is 0 Å². The number of unbranched alkanes of at least 4 members (excludes halogenated alkanes) is 1. The van der Waals surface area contributed by atoms with Gasteiger partial charge in [0.2, 0.25) is 0 Å². The first-order chi connectivity index (χ1) is 8.28. The maximum atomic E-state index is 11.5. The van der Waals surface area contributed by atoms with Crippen LogP contribution in [0.2, 0.25) is 0 Å². The molecule has 0 aliphatic heterocycles. The number of hydrogen-bond donors (Lipinski definition) is 2. The van der Waals surface area contributed by atoms with E-state index in [1.807, 2.05) is 0 Å². The second-order valence-corrected chi connectivity index (χ2v) is 5.65. The van der Waals surface area contributed by atoms with Crippen molar-refractivity contribution in [1.82, 2.24) is 0 Å². The number of carbonyl (C=O) groups is 1. The molecule has 0 rings (SSSR count). The normalized spacial score (nSPS) is 13.1. The molecule has 0 aromatic carbocycles. The molecule has 6 nitrogen and oxygen atoms in total. The van der Waals surface area contributed by atoms with Gasteiger partial charge in [-0.2, -0.15) is 8.42 Å². The van der Waals surface area contributed by atoms with Crippen LogP contribution in [0.25, 0.3) is 0 Å². The maximum Gasteiger partial charge on any atom is 0.333 e. The molecule has 0 spiro atoms. The zero-order valence-electron chi connectivity index (χ0n) is 10.8. The highest BCUT2D eigenvalue weighted by atomic mass is 32.2. The highest BCUT2D eigenvalue weighted by molar-refractivity contribution is 7.85. The monoisotopic (exact) mass is 279 g/mol. The third kappa shape index (κ3) is 8.21. The molecule has 0 heterocycles. The van der Waals surface area contributed by atoms with E-state index in [2.05, 4.69) is 0 Å². The quantitative estimate of drug-likeness (QED) is 0.296. The van der Waals surface area contributed by atoms with Gasteiger partial charge in [0.05, 0.1) is 5.75 Å². The molecule has 0 aromatic rings. The first-order valence-electron chi connectivity index (χ1n) is 5.76. The van der Waals surface area contributed by atoms with Gasteiger partial charge in [0.15, 0.2) is 0 Å². The third-order valence-electron chi connectivity index (χ3n) is 2.50. The minimum absolute atomic E-state index is 0.187. The molecule has 3 N–H and O–H groups in total. The van der Waals surface area contributed by atoms with Gasteiger partial charge in [-0.15, -0.1) is 0 Å². The van der Waals surface area contributed by atoms with Crippen LogP contribution in [-0.4, -0.2) is 37.8 Å². The van der Waals surface area contributed by atoms with E-state index < -0.39 is 16.1 Å². The molecule has 0 saturated heterocycles. The molecule has 0 radical (unpaired) electrons. The predicted molar refractivity (Wildman–Crippen MR) is 68.7 cm³/mol. The average molecular weight is 279 g/mol. The largest absolute Gasteiger partial charge is 0.461 e. The first-order valence-corrected chi connectivity index (χ1v) is 7.37. The van der Waals surface area contributed by atoms with E-state index in [9.17, 15) is 13.2 Å². The number of allylic oxidation sites excluding steroid dienone is 1. The Hall–Kier alpha value is -0.920. The van der Waals surface area contributed by atoms with Gasteiger partial charge in [0.25, 0.3) is 10.1 Å². The van der Waals surface area contributed by atoms with Gasteiger partial charge in [0, 0.05) is 12.1 Å². The average Bonchev–Trinajstić information content (AvgIpc) is 2.29. The van der Waals surface area contributed by atoms with Gasteiger partial charge in [-0.05, 0) is 33.1 Å². The lowest BCUT2D eigenvalue weighted by atomic mass is 10.1. The van der Waals surface area contributed by atoms with Crippen LogP contribution in [0.3, 0.4) is 0 Å². The fourth-order valence-corrected chi connectivity index (χ4v) is 1.87. The first kappa shape index (κ1) is 17.1. The van der Waals surface area contributed by atoms with Crippen LogP contribution in [0.15, 0.2) is 11.1 Å². The van der Waals surface area contributed by atoms with E-state index in [0.29, 0.717) is 24.8 Å². The number of hydrogen-bond acceptors (Lipinski definition) is 5. The summed E-state index contributed by atoms with van der Waals surface area (Å²) in [6, 6.07) is 0. The second-order valence-electron chi connectivity index (χ2n) is 4.07. The Morgan fingerprint density at radius 1 is 1.28 bits per heavy atom. The van der Waals surface area contributed by atoms with E-state index >= 15 is 0 Å². The molecule has 18 heavy (non-hydrogen) atoms. The van der Waals surface area contributed by atoms with Gasteiger partial charge in [-0.25, -0.2) is 4.79 Å². The molecule has 0 atom stereocenters. The van der Waals surface area contributed by atoms with E-state index in [1.54, 1.807) is 13.8 Å². The summed E-state index contributed by atoms with van der Waals surface area (Å²) in [5, 5.41) is 0. The van der Waals surface area contributed by atoms with Gasteiger partial charge in [0.1, 0.15) is 6.61 Å². The molecule has 7 heteroatoms. The number of ether oxygens (including phenoxy) is 1. The van der Waals surface area contributed by atoms with E-state index in [-0.39, 0.29) is 18.9 Å². The van der Waals surface area contributed by atoms with Gasteiger partial charge >= 0.3 is 5.97 Å². The molecule has 0 fully saturated rings. The summed E-state index contributed by atoms with van der Waals surface area (Å²) >= 11 is 0. The van der Waals surface area contributed by atoms with Crippen LogP contribution in [-0.2, 0) is 19.6 Å². The van der Waals surface area contributed by atoms with Gasteiger partial charge in [-0.1, -0.05) is 5.57 Å². The molecule has 0 unspecified atom stereocenters. The highest BCUT2D eigenvalue weighted by Crippen LogP contribution is 2.13. The summed E-state index contributed by atoms with van der Waals surface area (Å²) in [4.78, 5) is 11.5. The van der Waals surface area contributed by atoms with Crippen molar-refractivity contribution in [3.05, 3.63) is 11.1 Å². The molecule has 0 bridgehead atoms. The molecular weight excluding hydrogens is 258 g/mol. The van der Waals surface area contributed by atoms with E-state index in [0.717, 1.165) is 5.57 Å². The fourth-order valence-electron chi connectivity index (χ4n) is 1.30. The van der Waals surface area contributed by atoms with Crippen molar-refractivity contribution < 1.29 is 22.5 Å². The Morgan fingerprint density at radius 2 is 1.89 bits per heavy atom. The van der Waals surface area contributed by atoms with Crippen molar-refractivity contribution in [2.24, 2.45) is 5.73 Å². The minimum atomic E-state index is -3.89. The van der Waals surface area contributed by atoms with Crippen molar-refractivity contribution in [3.63, 3.8) is 0 Å². The Kier molecular flexibility index (Phi) is 7.81. The summed E-state index contributed by atoms with van der Waals surface area (Å²) in [6.07, 6.45) is 1.55. The summed E-state index contributed by atoms with van der Waals surface area (Å²) < 4.78 is 34.4. The molecule has 106 valence electrons.